The molecule has 2 aromatic heterocycles. The van der Waals surface area contributed by atoms with Crippen molar-refractivity contribution in [2.24, 2.45) is 0 Å². The second-order valence-electron chi connectivity index (χ2n) is 7.87. The molecule has 0 bridgehead atoms. The smallest absolute Gasteiger partial charge is 0.285 e. The van der Waals surface area contributed by atoms with Crippen LogP contribution >= 0.6 is 11.6 Å². The Morgan fingerprint density at radius 1 is 1.36 bits per heavy atom. The molecular formula is C19H25ClN6O2. The number of nitrogens with one attached hydrogen (secondary N) is 2. The Hall–Kier alpha value is -2.32. The predicted molar refractivity (Wildman–Crippen MR) is 110 cm³/mol. The zero-order chi connectivity index (χ0) is 19.7. The molecule has 2 saturated heterocycles. The van der Waals surface area contributed by atoms with Crippen molar-refractivity contribution >= 4 is 23.0 Å². The molecule has 4 rings (SSSR count). The van der Waals surface area contributed by atoms with E-state index in [0.29, 0.717) is 18.1 Å². The van der Waals surface area contributed by atoms with Crippen LogP contribution in [0.1, 0.15) is 20.3 Å². The summed E-state index contributed by atoms with van der Waals surface area (Å²) >= 11 is 6.13. The molecule has 4 heterocycles. The third-order valence-corrected chi connectivity index (χ3v) is 5.75. The van der Waals surface area contributed by atoms with Crippen LogP contribution in [0, 0.1) is 0 Å². The quantitative estimate of drug-likeness (QED) is 0.801. The highest BCUT2D eigenvalue weighted by atomic mass is 35.5. The number of hydrogen-bond donors (Lipinski definition) is 2. The van der Waals surface area contributed by atoms with E-state index in [9.17, 15) is 4.79 Å². The van der Waals surface area contributed by atoms with Gasteiger partial charge >= 0.3 is 0 Å². The minimum absolute atomic E-state index is 0.0193. The summed E-state index contributed by atoms with van der Waals surface area (Å²) in [6, 6.07) is 4.04. The molecule has 0 aromatic carbocycles. The van der Waals surface area contributed by atoms with E-state index in [1.54, 1.807) is 12.4 Å². The number of aromatic nitrogens is 3. The van der Waals surface area contributed by atoms with Crippen LogP contribution in [-0.4, -0.2) is 59.5 Å². The van der Waals surface area contributed by atoms with E-state index in [1.165, 1.54) is 0 Å². The van der Waals surface area contributed by atoms with Crippen molar-refractivity contribution in [3.8, 4) is 5.88 Å². The van der Waals surface area contributed by atoms with Gasteiger partial charge in [0.25, 0.3) is 5.56 Å². The molecule has 2 fully saturated rings. The van der Waals surface area contributed by atoms with Crippen LogP contribution < -0.4 is 25.4 Å². The first-order chi connectivity index (χ1) is 13.4. The monoisotopic (exact) mass is 404 g/mol. The van der Waals surface area contributed by atoms with E-state index < -0.39 is 0 Å². The molecule has 28 heavy (non-hydrogen) atoms. The van der Waals surface area contributed by atoms with Gasteiger partial charge in [0.1, 0.15) is 11.1 Å². The van der Waals surface area contributed by atoms with Gasteiger partial charge in [-0.25, -0.2) is 10.1 Å². The fraction of sp³-hybridized carbons (Fsp3) is 0.526. The van der Waals surface area contributed by atoms with Gasteiger partial charge < -0.3 is 19.9 Å². The summed E-state index contributed by atoms with van der Waals surface area (Å²) in [5.74, 6) is 0.619. The lowest BCUT2D eigenvalue weighted by Gasteiger charge is -2.44. The molecular weight excluding hydrogens is 380 g/mol. The third-order valence-electron chi connectivity index (χ3n) is 5.38. The zero-order valence-corrected chi connectivity index (χ0v) is 16.9. The molecule has 0 spiro atoms. The highest BCUT2D eigenvalue weighted by Gasteiger charge is 2.31. The van der Waals surface area contributed by atoms with Crippen LogP contribution in [-0.2, 0) is 0 Å². The van der Waals surface area contributed by atoms with Gasteiger partial charge in [0.2, 0.25) is 5.88 Å². The molecule has 0 amide bonds. The number of anilines is 2. The zero-order valence-electron chi connectivity index (χ0n) is 16.1. The molecule has 2 N–H and O–H groups in total. The van der Waals surface area contributed by atoms with Crippen molar-refractivity contribution in [3.63, 3.8) is 0 Å². The van der Waals surface area contributed by atoms with Gasteiger partial charge in [-0.2, -0.15) is 5.10 Å². The Bertz CT molecular complexity index is 902. The number of H-pyrrole nitrogens is 1. The first-order valence-corrected chi connectivity index (χ1v) is 9.91. The number of nitrogens with zero attached hydrogens (tertiary/aromatic N) is 4. The van der Waals surface area contributed by atoms with Crippen LogP contribution in [0.3, 0.4) is 0 Å². The number of hydrogen-bond acceptors (Lipinski definition) is 7. The molecule has 2 aliphatic rings. The number of aromatic amines is 1. The maximum Gasteiger partial charge on any atom is 0.285 e. The predicted octanol–water partition coefficient (Wildman–Crippen LogP) is 1.66. The maximum absolute atomic E-state index is 11.7. The lowest BCUT2D eigenvalue weighted by Crippen LogP contribution is -2.58. The second kappa shape index (κ2) is 7.60. The second-order valence-corrected chi connectivity index (χ2v) is 8.24. The van der Waals surface area contributed by atoms with Gasteiger partial charge in [0.05, 0.1) is 18.4 Å². The normalized spacial score (nSPS) is 21.8. The molecule has 0 radical (unpaired) electrons. The SMILES string of the molecule is CC1(C)CNCCN1c1ccnc(O[C@@H]2CCN(c3cn[nH]c(=O)c3Cl)C2)c1. The van der Waals surface area contributed by atoms with Gasteiger partial charge in [-0.05, 0) is 19.9 Å². The minimum Gasteiger partial charge on any atom is -0.472 e. The van der Waals surface area contributed by atoms with E-state index in [4.69, 9.17) is 16.3 Å². The Labute approximate surface area is 168 Å². The molecule has 2 aromatic rings. The lowest BCUT2D eigenvalue weighted by atomic mass is 9.99. The average molecular weight is 405 g/mol. The summed E-state index contributed by atoms with van der Waals surface area (Å²) in [6.45, 7) is 8.69. The minimum atomic E-state index is -0.378. The van der Waals surface area contributed by atoms with Gasteiger partial charge in [0, 0.05) is 56.1 Å². The number of ether oxygens (including phenoxy) is 1. The van der Waals surface area contributed by atoms with Crippen LogP contribution in [0.5, 0.6) is 5.88 Å². The van der Waals surface area contributed by atoms with E-state index in [2.05, 4.69) is 39.2 Å². The number of halogens is 1. The highest BCUT2D eigenvalue weighted by Crippen LogP contribution is 2.29. The molecule has 0 unspecified atom stereocenters. The Balaban J connectivity index is 1.45. The van der Waals surface area contributed by atoms with Gasteiger partial charge in [-0.3, -0.25) is 4.79 Å². The topological polar surface area (TPSA) is 86.4 Å². The first-order valence-electron chi connectivity index (χ1n) is 9.53. The van der Waals surface area contributed by atoms with Gasteiger partial charge in [-0.15, -0.1) is 0 Å². The van der Waals surface area contributed by atoms with Crippen molar-refractivity contribution in [1.29, 1.82) is 0 Å². The van der Waals surface area contributed by atoms with E-state index in [1.807, 2.05) is 17.0 Å². The van der Waals surface area contributed by atoms with Gasteiger partial charge in [0.15, 0.2) is 0 Å². The highest BCUT2D eigenvalue weighted by molar-refractivity contribution is 6.33. The first kappa shape index (κ1) is 19.0. The molecule has 9 heteroatoms. The van der Waals surface area contributed by atoms with Crippen molar-refractivity contribution in [2.75, 3.05) is 42.5 Å². The van der Waals surface area contributed by atoms with Crippen molar-refractivity contribution in [2.45, 2.75) is 31.9 Å². The van der Waals surface area contributed by atoms with Crippen molar-refractivity contribution in [1.82, 2.24) is 20.5 Å². The standard InChI is InChI=1S/C19H25ClN6O2/c1-19(2)12-21-6-8-26(19)13-3-5-22-16(9-13)28-14-4-7-25(11-14)15-10-23-24-18(27)17(15)20/h3,5,9-10,14,21H,4,6-8,11-12H2,1-2H3,(H,24,27)/t14-/m1/s1. The lowest BCUT2D eigenvalue weighted by molar-refractivity contribution is 0.216. The Morgan fingerprint density at radius 3 is 3.04 bits per heavy atom. The Kier molecular flexibility index (Phi) is 5.16. The molecule has 0 aliphatic carbocycles. The summed E-state index contributed by atoms with van der Waals surface area (Å²) in [5, 5.41) is 9.80. The maximum atomic E-state index is 11.7. The number of rotatable bonds is 4. The van der Waals surface area contributed by atoms with Crippen LogP contribution in [0.15, 0.2) is 29.3 Å². The summed E-state index contributed by atoms with van der Waals surface area (Å²) in [6.07, 6.45) is 4.19. The molecule has 150 valence electrons. The fourth-order valence-corrected chi connectivity index (χ4v) is 4.11. The average Bonchev–Trinajstić information content (AvgIpc) is 3.12. The van der Waals surface area contributed by atoms with Crippen LogP contribution in [0.25, 0.3) is 0 Å². The molecule has 0 saturated carbocycles. The van der Waals surface area contributed by atoms with E-state index in [-0.39, 0.29) is 22.2 Å². The molecule has 2 aliphatic heterocycles. The molecule has 1 atom stereocenters. The summed E-state index contributed by atoms with van der Waals surface area (Å²) in [4.78, 5) is 20.5. The summed E-state index contributed by atoms with van der Waals surface area (Å²) < 4.78 is 6.15. The summed E-state index contributed by atoms with van der Waals surface area (Å²) in [5.41, 5.74) is 1.41. The van der Waals surface area contributed by atoms with Crippen LogP contribution in [0.2, 0.25) is 5.02 Å². The number of pyridine rings is 1. The van der Waals surface area contributed by atoms with E-state index in [0.717, 1.165) is 38.3 Å². The molecule has 8 nitrogen and oxygen atoms in total. The van der Waals surface area contributed by atoms with Crippen LogP contribution in [0.4, 0.5) is 11.4 Å². The van der Waals surface area contributed by atoms with Crippen molar-refractivity contribution in [3.05, 3.63) is 39.9 Å². The summed E-state index contributed by atoms with van der Waals surface area (Å²) in [7, 11) is 0. The Morgan fingerprint density at radius 2 is 2.21 bits per heavy atom. The van der Waals surface area contributed by atoms with Crippen molar-refractivity contribution < 1.29 is 4.74 Å². The third kappa shape index (κ3) is 3.79. The largest absolute Gasteiger partial charge is 0.472 e. The number of piperazine rings is 1. The van der Waals surface area contributed by atoms with Gasteiger partial charge in [-0.1, -0.05) is 11.6 Å². The fourth-order valence-electron chi connectivity index (χ4n) is 3.90. The van der Waals surface area contributed by atoms with E-state index >= 15 is 0 Å².